The quantitative estimate of drug-likeness (QED) is 0.152. The van der Waals surface area contributed by atoms with Gasteiger partial charge in [0.05, 0.1) is 24.4 Å². The van der Waals surface area contributed by atoms with E-state index in [1.54, 1.807) is 6.07 Å². The Morgan fingerprint density at radius 3 is 1.90 bits per heavy atom. The standard InChI is InChI=1S/C32H28BFN2O4/c1-40-31(37)29(19-22-17-18-28(33(38)39)30-27(22)20-26(34)21-35-30)36-32(23-11-5-2-6-12-23,24-13-7-3-8-14-24)25-15-9-4-10-16-25/h2-18,20-21,29,36,38-39H,19H2,1H3. The van der Waals surface area contributed by atoms with Gasteiger partial charge < -0.3 is 14.8 Å². The largest absolute Gasteiger partial charge is 0.490 e. The first-order chi connectivity index (χ1) is 19.4. The Balaban J connectivity index is 1.70. The van der Waals surface area contributed by atoms with E-state index in [9.17, 15) is 19.2 Å². The number of hydrogen-bond donors (Lipinski definition) is 3. The van der Waals surface area contributed by atoms with Crippen LogP contribution < -0.4 is 10.8 Å². The number of esters is 1. The maximum Gasteiger partial charge on any atom is 0.490 e. The summed E-state index contributed by atoms with van der Waals surface area (Å²) >= 11 is 0. The average molecular weight is 534 g/mol. The number of nitrogens with zero attached hydrogens (tertiary/aromatic N) is 1. The van der Waals surface area contributed by atoms with Gasteiger partial charge in [0.2, 0.25) is 0 Å². The normalized spacial score (nSPS) is 12.2. The van der Waals surface area contributed by atoms with Crippen molar-refractivity contribution in [2.75, 3.05) is 7.11 Å². The Morgan fingerprint density at radius 2 is 1.43 bits per heavy atom. The van der Waals surface area contributed by atoms with Crippen molar-refractivity contribution < 1.29 is 24.0 Å². The van der Waals surface area contributed by atoms with Gasteiger partial charge in [0, 0.05) is 10.8 Å². The number of benzene rings is 4. The van der Waals surface area contributed by atoms with Crippen LogP contribution in [0.4, 0.5) is 4.39 Å². The Bertz CT molecular complexity index is 1510. The van der Waals surface area contributed by atoms with Gasteiger partial charge in [-0.25, -0.2) is 4.39 Å². The van der Waals surface area contributed by atoms with Crippen LogP contribution in [0.1, 0.15) is 22.3 Å². The van der Waals surface area contributed by atoms with Gasteiger partial charge in [-0.1, -0.05) is 103 Å². The Labute approximate surface area is 232 Å². The van der Waals surface area contributed by atoms with Crippen LogP contribution >= 0.6 is 0 Å². The highest BCUT2D eigenvalue weighted by Crippen LogP contribution is 2.37. The summed E-state index contributed by atoms with van der Waals surface area (Å²) in [6.45, 7) is 0. The summed E-state index contributed by atoms with van der Waals surface area (Å²) in [7, 11) is -0.456. The van der Waals surface area contributed by atoms with Gasteiger partial charge >= 0.3 is 13.1 Å². The topological polar surface area (TPSA) is 91.7 Å². The zero-order valence-electron chi connectivity index (χ0n) is 21.9. The number of methoxy groups -OCH3 is 1. The number of ether oxygens (including phenoxy) is 1. The van der Waals surface area contributed by atoms with E-state index in [-0.39, 0.29) is 17.4 Å². The molecule has 0 radical (unpaired) electrons. The van der Waals surface area contributed by atoms with Crippen LogP contribution in [0.3, 0.4) is 0 Å². The van der Waals surface area contributed by atoms with Crippen molar-refractivity contribution >= 4 is 29.5 Å². The molecule has 1 heterocycles. The molecule has 1 unspecified atom stereocenters. The lowest BCUT2D eigenvalue weighted by molar-refractivity contribution is -0.143. The molecule has 6 nitrogen and oxygen atoms in total. The number of aromatic nitrogens is 1. The number of carbonyl (C=O) groups is 1. The summed E-state index contributed by atoms with van der Waals surface area (Å²) in [6.07, 6.45) is 1.14. The van der Waals surface area contributed by atoms with Crippen molar-refractivity contribution in [3.63, 3.8) is 0 Å². The van der Waals surface area contributed by atoms with E-state index < -0.39 is 30.5 Å². The fraction of sp³-hybridized carbons (Fsp3) is 0.125. The van der Waals surface area contributed by atoms with Crippen molar-refractivity contribution in [1.29, 1.82) is 0 Å². The van der Waals surface area contributed by atoms with E-state index in [1.165, 1.54) is 19.2 Å². The number of fused-ring (bicyclic) bond motifs is 1. The minimum Gasteiger partial charge on any atom is -0.468 e. The molecule has 4 aromatic carbocycles. The summed E-state index contributed by atoms with van der Waals surface area (Å²) in [4.78, 5) is 17.5. The minimum absolute atomic E-state index is 0.115. The molecular weight excluding hydrogens is 506 g/mol. The molecule has 1 atom stereocenters. The fourth-order valence-corrected chi connectivity index (χ4v) is 5.29. The van der Waals surface area contributed by atoms with Crippen molar-refractivity contribution in [2.45, 2.75) is 18.0 Å². The molecule has 0 aliphatic rings. The van der Waals surface area contributed by atoms with Crippen molar-refractivity contribution in [2.24, 2.45) is 0 Å². The van der Waals surface area contributed by atoms with Gasteiger partial charge in [0.1, 0.15) is 11.9 Å². The van der Waals surface area contributed by atoms with Gasteiger partial charge in [0.25, 0.3) is 0 Å². The van der Waals surface area contributed by atoms with Crippen LogP contribution in [0.15, 0.2) is 115 Å². The van der Waals surface area contributed by atoms with Crippen molar-refractivity contribution in [1.82, 2.24) is 10.3 Å². The van der Waals surface area contributed by atoms with Gasteiger partial charge in [-0.05, 0) is 34.7 Å². The summed E-state index contributed by atoms with van der Waals surface area (Å²) in [5.41, 5.74) is 2.78. The number of pyridine rings is 1. The summed E-state index contributed by atoms with van der Waals surface area (Å²) in [5, 5.41) is 23.7. The maximum atomic E-state index is 14.4. The molecule has 5 aromatic rings. The van der Waals surface area contributed by atoms with E-state index in [2.05, 4.69) is 10.3 Å². The predicted octanol–water partition coefficient (Wildman–Crippen LogP) is 3.72. The molecule has 0 saturated carbocycles. The number of rotatable bonds is 9. The highest BCUT2D eigenvalue weighted by Gasteiger charge is 2.40. The molecule has 0 aliphatic heterocycles. The first-order valence-corrected chi connectivity index (χ1v) is 12.9. The Kier molecular flexibility index (Phi) is 8.02. The monoisotopic (exact) mass is 534 g/mol. The van der Waals surface area contributed by atoms with Crippen LogP contribution in [0.5, 0.6) is 0 Å². The van der Waals surface area contributed by atoms with Gasteiger partial charge in [-0.3, -0.25) is 15.1 Å². The third kappa shape index (κ3) is 5.25. The highest BCUT2D eigenvalue weighted by molar-refractivity contribution is 6.61. The lowest BCUT2D eigenvalue weighted by Crippen LogP contribution is -2.53. The van der Waals surface area contributed by atoms with Crippen molar-refractivity contribution in [3.8, 4) is 0 Å². The van der Waals surface area contributed by atoms with E-state index in [0.717, 1.165) is 22.9 Å². The smallest absolute Gasteiger partial charge is 0.468 e. The maximum absolute atomic E-state index is 14.4. The molecule has 40 heavy (non-hydrogen) atoms. The van der Waals surface area contributed by atoms with Crippen LogP contribution in [0, 0.1) is 5.82 Å². The molecule has 0 bridgehead atoms. The van der Waals surface area contributed by atoms with Crippen molar-refractivity contribution in [3.05, 3.63) is 143 Å². The third-order valence-electron chi connectivity index (χ3n) is 7.14. The summed E-state index contributed by atoms with van der Waals surface area (Å²) < 4.78 is 19.6. The average Bonchev–Trinajstić information content (AvgIpc) is 3.00. The second kappa shape index (κ2) is 11.8. The molecular formula is C32H28BFN2O4. The number of nitrogens with one attached hydrogen (secondary N) is 1. The van der Waals surface area contributed by atoms with E-state index in [0.29, 0.717) is 10.9 Å². The Morgan fingerprint density at radius 1 is 0.900 bits per heavy atom. The molecule has 0 fully saturated rings. The summed E-state index contributed by atoms with van der Waals surface area (Å²) in [5.74, 6) is -1.08. The zero-order chi connectivity index (χ0) is 28.1. The zero-order valence-corrected chi connectivity index (χ0v) is 21.9. The molecule has 0 spiro atoms. The molecule has 1 aromatic heterocycles. The molecule has 0 aliphatic carbocycles. The van der Waals surface area contributed by atoms with Gasteiger partial charge in [-0.15, -0.1) is 0 Å². The minimum atomic E-state index is -1.79. The van der Waals surface area contributed by atoms with Crippen LogP contribution in [0.25, 0.3) is 10.9 Å². The van der Waals surface area contributed by atoms with E-state index in [1.807, 2.05) is 91.0 Å². The second-order valence-electron chi connectivity index (χ2n) is 9.51. The lowest BCUT2D eigenvalue weighted by Gasteiger charge is -2.39. The van der Waals surface area contributed by atoms with Crippen LogP contribution in [0.2, 0.25) is 0 Å². The number of carbonyl (C=O) groups excluding carboxylic acids is 1. The molecule has 0 amide bonds. The molecule has 0 saturated heterocycles. The molecule has 8 heteroatoms. The number of hydrogen-bond acceptors (Lipinski definition) is 6. The molecule has 5 rings (SSSR count). The third-order valence-corrected chi connectivity index (χ3v) is 7.14. The SMILES string of the molecule is COC(=O)C(Cc1ccc(B(O)O)c2ncc(F)cc12)NC(c1ccccc1)(c1ccccc1)c1ccccc1. The second-order valence-corrected chi connectivity index (χ2v) is 9.51. The molecule has 3 N–H and O–H groups in total. The first kappa shape index (κ1) is 27.2. The Hall–Kier alpha value is -4.37. The fourth-order valence-electron chi connectivity index (χ4n) is 5.29. The van der Waals surface area contributed by atoms with E-state index in [4.69, 9.17) is 4.74 Å². The van der Waals surface area contributed by atoms with E-state index >= 15 is 0 Å². The molecule has 200 valence electrons. The predicted molar refractivity (Wildman–Crippen MR) is 153 cm³/mol. The van der Waals surface area contributed by atoms with Gasteiger partial charge in [-0.2, -0.15) is 0 Å². The number of halogens is 1. The lowest BCUT2D eigenvalue weighted by atomic mass is 9.75. The van der Waals surface area contributed by atoms with Crippen LogP contribution in [-0.2, 0) is 21.5 Å². The highest BCUT2D eigenvalue weighted by atomic mass is 19.1. The summed E-state index contributed by atoms with van der Waals surface area (Å²) in [6, 6.07) is 33.1. The first-order valence-electron chi connectivity index (χ1n) is 12.9. The van der Waals surface area contributed by atoms with Gasteiger partial charge in [0.15, 0.2) is 0 Å². The van der Waals surface area contributed by atoms with Crippen LogP contribution in [-0.4, -0.2) is 41.3 Å².